The van der Waals surface area contributed by atoms with Crippen LogP contribution in [-0.4, -0.2) is 61.5 Å². The van der Waals surface area contributed by atoms with Crippen LogP contribution in [0.2, 0.25) is 0 Å². The van der Waals surface area contributed by atoms with Crippen molar-refractivity contribution in [3.05, 3.63) is 11.4 Å². The van der Waals surface area contributed by atoms with Gasteiger partial charge in [0.25, 0.3) is 0 Å². The van der Waals surface area contributed by atoms with E-state index in [4.69, 9.17) is 0 Å². The average molecular weight is 290 g/mol. The summed E-state index contributed by atoms with van der Waals surface area (Å²) in [4.78, 5) is 2.00. The van der Waals surface area contributed by atoms with Crippen LogP contribution in [0.1, 0.15) is 11.4 Å². The lowest BCUT2D eigenvalue weighted by atomic mass is 10.3. The van der Waals surface area contributed by atoms with Crippen molar-refractivity contribution in [3.63, 3.8) is 0 Å². The third-order valence-electron chi connectivity index (χ3n) is 2.84. The second-order valence-electron chi connectivity index (χ2n) is 4.89. The molecule has 1 aromatic rings. The number of aromatic nitrogens is 2. The van der Waals surface area contributed by atoms with Crippen molar-refractivity contribution in [2.45, 2.75) is 24.8 Å². The highest BCUT2D eigenvalue weighted by atomic mass is 32.2. The van der Waals surface area contributed by atoms with E-state index in [1.807, 2.05) is 19.0 Å². The Labute approximate surface area is 114 Å². The number of aliphatic hydroxyl groups excluding tert-OH is 1. The van der Waals surface area contributed by atoms with Gasteiger partial charge in [0.2, 0.25) is 10.0 Å². The number of hydrogen-bond acceptors (Lipinski definition) is 5. The van der Waals surface area contributed by atoms with Gasteiger partial charge in [0, 0.05) is 13.6 Å². The van der Waals surface area contributed by atoms with Gasteiger partial charge in [-0.05, 0) is 27.9 Å². The van der Waals surface area contributed by atoms with Crippen LogP contribution in [0.4, 0.5) is 0 Å². The average Bonchev–Trinajstić information content (AvgIpc) is 2.51. The van der Waals surface area contributed by atoms with E-state index in [0.29, 0.717) is 17.9 Å². The van der Waals surface area contributed by atoms with Gasteiger partial charge in [0.05, 0.1) is 24.0 Å². The van der Waals surface area contributed by atoms with Gasteiger partial charge in [-0.1, -0.05) is 0 Å². The quantitative estimate of drug-likeness (QED) is 0.719. The molecule has 0 fully saturated rings. The van der Waals surface area contributed by atoms with E-state index in [-0.39, 0.29) is 11.5 Å². The molecule has 0 bridgehead atoms. The van der Waals surface area contributed by atoms with Gasteiger partial charge in [-0.3, -0.25) is 4.68 Å². The molecular formula is C11H22N4O3S. The zero-order valence-electron chi connectivity index (χ0n) is 12.0. The van der Waals surface area contributed by atoms with Gasteiger partial charge < -0.3 is 10.0 Å². The van der Waals surface area contributed by atoms with Crippen LogP contribution in [0, 0.1) is 13.8 Å². The Hall–Kier alpha value is -0.960. The molecule has 8 heteroatoms. The zero-order chi connectivity index (χ0) is 14.8. The molecule has 1 unspecified atom stereocenters. The molecule has 7 nitrogen and oxygen atoms in total. The molecule has 0 spiro atoms. The molecule has 0 aromatic carbocycles. The minimum absolute atomic E-state index is 0.187. The van der Waals surface area contributed by atoms with Crippen molar-refractivity contribution >= 4 is 10.0 Å². The first-order chi connectivity index (χ1) is 8.69. The standard InChI is InChI=1S/C11H22N4O3S/c1-8-11(9(2)15(5)12-8)19(17,18)13-10(7-16)6-14(3)4/h10,13,16H,6-7H2,1-5H3. The predicted molar refractivity (Wildman–Crippen MR) is 72.4 cm³/mol. The van der Waals surface area contributed by atoms with Gasteiger partial charge in [0.15, 0.2) is 0 Å². The highest BCUT2D eigenvalue weighted by Crippen LogP contribution is 2.18. The summed E-state index contributed by atoms with van der Waals surface area (Å²) in [6.45, 7) is 3.53. The molecule has 0 aliphatic rings. The smallest absolute Gasteiger partial charge is 0.244 e. The largest absolute Gasteiger partial charge is 0.395 e. The number of aryl methyl sites for hydroxylation is 2. The maximum Gasteiger partial charge on any atom is 0.244 e. The molecule has 19 heavy (non-hydrogen) atoms. The van der Waals surface area contributed by atoms with Crippen LogP contribution in [-0.2, 0) is 17.1 Å². The fourth-order valence-corrected chi connectivity index (χ4v) is 3.65. The molecule has 110 valence electrons. The second-order valence-corrected chi connectivity index (χ2v) is 6.54. The lowest BCUT2D eigenvalue weighted by molar-refractivity contribution is 0.226. The first kappa shape index (κ1) is 16.1. The Morgan fingerprint density at radius 1 is 1.42 bits per heavy atom. The number of sulfonamides is 1. The Morgan fingerprint density at radius 3 is 2.37 bits per heavy atom. The van der Waals surface area contributed by atoms with Gasteiger partial charge >= 0.3 is 0 Å². The van der Waals surface area contributed by atoms with Gasteiger partial charge in [-0.2, -0.15) is 5.10 Å². The van der Waals surface area contributed by atoms with Crippen molar-refractivity contribution in [2.75, 3.05) is 27.2 Å². The van der Waals surface area contributed by atoms with Gasteiger partial charge in [0.1, 0.15) is 4.90 Å². The summed E-state index contributed by atoms with van der Waals surface area (Å²) in [5.41, 5.74) is 1.03. The van der Waals surface area contributed by atoms with Crippen LogP contribution < -0.4 is 4.72 Å². The van der Waals surface area contributed by atoms with Crippen LogP contribution in [0.3, 0.4) is 0 Å². The van der Waals surface area contributed by atoms with E-state index < -0.39 is 16.1 Å². The van der Waals surface area contributed by atoms with Crippen molar-refractivity contribution in [1.82, 2.24) is 19.4 Å². The van der Waals surface area contributed by atoms with E-state index in [1.165, 1.54) is 4.68 Å². The van der Waals surface area contributed by atoms with Crippen molar-refractivity contribution < 1.29 is 13.5 Å². The Kier molecular flexibility index (Phi) is 5.08. The summed E-state index contributed by atoms with van der Waals surface area (Å²) in [5, 5.41) is 13.4. The monoisotopic (exact) mass is 290 g/mol. The number of aliphatic hydroxyl groups is 1. The summed E-state index contributed by atoms with van der Waals surface area (Å²) >= 11 is 0. The maximum absolute atomic E-state index is 12.3. The molecule has 0 amide bonds. The molecule has 1 heterocycles. The van der Waals surface area contributed by atoms with E-state index in [1.54, 1.807) is 20.9 Å². The molecule has 2 N–H and O–H groups in total. The number of rotatable bonds is 6. The fourth-order valence-electron chi connectivity index (χ4n) is 1.99. The highest BCUT2D eigenvalue weighted by Gasteiger charge is 2.26. The first-order valence-electron chi connectivity index (χ1n) is 5.97. The zero-order valence-corrected chi connectivity index (χ0v) is 12.8. The Bertz CT molecular complexity index is 536. The number of hydrogen-bond donors (Lipinski definition) is 2. The summed E-state index contributed by atoms with van der Waals surface area (Å²) < 4.78 is 28.7. The molecular weight excluding hydrogens is 268 g/mol. The third kappa shape index (κ3) is 3.75. The Morgan fingerprint density at radius 2 is 2.00 bits per heavy atom. The van der Waals surface area contributed by atoms with Crippen molar-refractivity contribution in [3.8, 4) is 0 Å². The SMILES string of the molecule is Cc1nn(C)c(C)c1S(=O)(=O)NC(CO)CN(C)C. The minimum Gasteiger partial charge on any atom is -0.395 e. The van der Waals surface area contributed by atoms with Crippen LogP contribution in [0.25, 0.3) is 0 Å². The fraction of sp³-hybridized carbons (Fsp3) is 0.727. The minimum atomic E-state index is -3.68. The van der Waals surface area contributed by atoms with Crippen molar-refractivity contribution in [2.24, 2.45) is 7.05 Å². The van der Waals surface area contributed by atoms with E-state index in [9.17, 15) is 13.5 Å². The molecule has 0 aliphatic heterocycles. The molecule has 1 atom stereocenters. The predicted octanol–water partition coefficient (Wildman–Crippen LogP) is -0.762. The molecule has 0 radical (unpaired) electrons. The number of nitrogens with one attached hydrogen (secondary N) is 1. The molecule has 0 saturated carbocycles. The molecule has 0 saturated heterocycles. The molecule has 1 rings (SSSR count). The van der Waals surface area contributed by atoms with E-state index in [0.717, 1.165) is 0 Å². The summed E-state index contributed by atoms with van der Waals surface area (Å²) in [7, 11) is 1.66. The Balaban J connectivity index is 3.04. The van der Waals surface area contributed by atoms with Gasteiger partial charge in [-0.15, -0.1) is 0 Å². The van der Waals surface area contributed by atoms with Gasteiger partial charge in [-0.25, -0.2) is 13.1 Å². The first-order valence-corrected chi connectivity index (χ1v) is 7.45. The third-order valence-corrected chi connectivity index (χ3v) is 4.61. The lowest BCUT2D eigenvalue weighted by Crippen LogP contribution is -2.44. The second kappa shape index (κ2) is 6.00. The van der Waals surface area contributed by atoms with Crippen LogP contribution in [0.5, 0.6) is 0 Å². The molecule has 1 aromatic heterocycles. The molecule has 0 aliphatic carbocycles. The highest BCUT2D eigenvalue weighted by molar-refractivity contribution is 7.89. The summed E-state index contributed by atoms with van der Waals surface area (Å²) in [6, 6.07) is -0.543. The topological polar surface area (TPSA) is 87.5 Å². The van der Waals surface area contributed by atoms with Crippen LogP contribution >= 0.6 is 0 Å². The summed E-state index contributed by atoms with van der Waals surface area (Å²) in [5.74, 6) is 0. The number of likely N-dealkylation sites (N-methyl/N-ethyl adjacent to an activating group) is 1. The number of nitrogens with zero attached hydrogens (tertiary/aromatic N) is 3. The lowest BCUT2D eigenvalue weighted by Gasteiger charge is -2.20. The van der Waals surface area contributed by atoms with E-state index >= 15 is 0 Å². The van der Waals surface area contributed by atoms with E-state index in [2.05, 4.69) is 9.82 Å². The van der Waals surface area contributed by atoms with Crippen molar-refractivity contribution in [1.29, 1.82) is 0 Å². The maximum atomic E-state index is 12.3. The normalized spacial score (nSPS) is 14.1. The summed E-state index contributed by atoms with van der Waals surface area (Å²) in [6.07, 6.45) is 0. The van der Waals surface area contributed by atoms with Crippen LogP contribution in [0.15, 0.2) is 4.90 Å².